The summed E-state index contributed by atoms with van der Waals surface area (Å²) in [5, 5.41) is 6.25. The number of benzene rings is 1. The van der Waals surface area contributed by atoms with Crippen LogP contribution in [0.5, 0.6) is 0 Å². The molecule has 24 heavy (non-hydrogen) atoms. The number of nitrogens with zero attached hydrogens (tertiary/aromatic N) is 1. The maximum Gasteiger partial charge on any atom is 0.269 e. The third-order valence-corrected chi connectivity index (χ3v) is 3.88. The number of hydrogen-bond donors (Lipinski definition) is 2. The zero-order chi connectivity index (χ0) is 17.0. The number of pyridine rings is 1. The summed E-state index contributed by atoms with van der Waals surface area (Å²) in [6.45, 7) is 3.79. The number of amides is 1. The topological polar surface area (TPSA) is 54.0 Å². The predicted octanol–water partition coefficient (Wildman–Crippen LogP) is 4.05. The lowest BCUT2D eigenvalue weighted by Gasteiger charge is -2.07. The van der Waals surface area contributed by atoms with Crippen LogP contribution < -0.4 is 10.6 Å². The zero-order valence-electron chi connectivity index (χ0n) is 14.4. The van der Waals surface area contributed by atoms with Crippen molar-refractivity contribution in [2.75, 3.05) is 18.4 Å². The molecule has 0 aliphatic carbocycles. The fourth-order valence-electron chi connectivity index (χ4n) is 2.47. The molecule has 128 valence electrons. The highest BCUT2D eigenvalue weighted by molar-refractivity contribution is 5.92. The largest absolute Gasteiger partial charge is 0.384 e. The van der Waals surface area contributed by atoms with Crippen LogP contribution in [0.1, 0.15) is 48.7 Å². The van der Waals surface area contributed by atoms with Crippen LogP contribution in [0.25, 0.3) is 0 Å². The Balaban J connectivity index is 1.68. The summed E-state index contributed by atoms with van der Waals surface area (Å²) in [4.78, 5) is 16.3. The molecule has 2 N–H and O–H groups in total. The van der Waals surface area contributed by atoms with E-state index >= 15 is 0 Å². The van der Waals surface area contributed by atoms with Gasteiger partial charge in [-0.3, -0.25) is 4.79 Å². The third-order valence-electron chi connectivity index (χ3n) is 3.88. The highest BCUT2D eigenvalue weighted by Crippen LogP contribution is 2.07. The molecule has 0 saturated carbocycles. The van der Waals surface area contributed by atoms with E-state index in [2.05, 4.69) is 34.7 Å². The number of hydrogen-bond acceptors (Lipinski definition) is 3. The summed E-state index contributed by atoms with van der Waals surface area (Å²) in [7, 11) is 0. The monoisotopic (exact) mass is 325 g/mol. The Labute approximate surface area is 144 Å². The van der Waals surface area contributed by atoms with Gasteiger partial charge in [-0.25, -0.2) is 4.98 Å². The van der Waals surface area contributed by atoms with Crippen molar-refractivity contribution in [2.45, 2.75) is 39.0 Å². The van der Waals surface area contributed by atoms with Crippen LogP contribution in [0, 0.1) is 0 Å². The van der Waals surface area contributed by atoms with Crippen molar-refractivity contribution in [3.8, 4) is 0 Å². The number of aryl methyl sites for hydroxylation is 1. The molecule has 1 amide bonds. The molecular weight excluding hydrogens is 298 g/mol. The summed E-state index contributed by atoms with van der Waals surface area (Å²) in [5.74, 6) is -0.111. The maximum absolute atomic E-state index is 12.1. The highest BCUT2D eigenvalue weighted by atomic mass is 16.1. The van der Waals surface area contributed by atoms with Gasteiger partial charge in [0.05, 0.1) is 11.9 Å². The van der Waals surface area contributed by atoms with Crippen molar-refractivity contribution < 1.29 is 4.79 Å². The second kappa shape index (κ2) is 10.4. The van der Waals surface area contributed by atoms with Crippen LogP contribution in [0.4, 0.5) is 5.69 Å². The first-order chi connectivity index (χ1) is 11.8. The van der Waals surface area contributed by atoms with Crippen LogP contribution in [0.15, 0.2) is 48.7 Å². The maximum atomic E-state index is 12.1. The van der Waals surface area contributed by atoms with Gasteiger partial charge in [-0.05, 0) is 37.0 Å². The van der Waals surface area contributed by atoms with E-state index in [-0.39, 0.29) is 5.91 Å². The van der Waals surface area contributed by atoms with E-state index in [1.165, 1.54) is 18.4 Å². The molecule has 0 unspecified atom stereocenters. The molecule has 0 aliphatic rings. The van der Waals surface area contributed by atoms with Crippen LogP contribution in [-0.4, -0.2) is 24.0 Å². The normalized spacial score (nSPS) is 10.4. The molecule has 0 radical (unpaired) electrons. The van der Waals surface area contributed by atoms with Gasteiger partial charge in [0.25, 0.3) is 5.91 Å². The fraction of sp³-hybridized carbons (Fsp3) is 0.400. The van der Waals surface area contributed by atoms with Gasteiger partial charge in [-0.15, -0.1) is 0 Å². The Hall–Kier alpha value is -2.36. The summed E-state index contributed by atoms with van der Waals surface area (Å²) < 4.78 is 0. The van der Waals surface area contributed by atoms with Gasteiger partial charge in [-0.2, -0.15) is 0 Å². The van der Waals surface area contributed by atoms with E-state index in [1.807, 2.05) is 24.3 Å². The second-order valence-electron chi connectivity index (χ2n) is 5.91. The van der Waals surface area contributed by atoms with E-state index in [0.717, 1.165) is 31.5 Å². The SMILES string of the molecule is CCCCCNc1ccc(C(=O)NCCCc2ccccc2)nc1. The first-order valence-corrected chi connectivity index (χ1v) is 8.81. The Kier molecular flexibility index (Phi) is 7.81. The van der Waals surface area contributed by atoms with Gasteiger partial charge in [0.15, 0.2) is 0 Å². The van der Waals surface area contributed by atoms with Crippen LogP contribution in [-0.2, 0) is 6.42 Å². The molecule has 1 aromatic heterocycles. The smallest absolute Gasteiger partial charge is 0.269 e. The van der Waals surface area contributed by atoms with Crippen LogP contribution in [0.3, 0.4) is 0 Å². The lowest BCUT2D eigenvalue weighted by Crippen LogP contribution is -2.25. The van der Waals surface area contributed by atoms with Gasteiger partial charge in [-0.1, -0.05) is 50.1 Å². The van der Waals surface area contributed by atoms with Gasteiger partial charge >= 0.3 is 0 Å². The number of carbonyl (C=O) groups is 1. The Morgan fingerprint density at radius 3 is 2.54 bits per heavy atom. The Morgan fingerprint density at radius 1 is 1.00 bits per heavy atom. The molecule has 0 spiro atoms. The van der Waals surface area contributed by atoms with Crippen LogP contribution >= 0.6 is 0 Å². The van der Waals surface area contributed by atoms with Crippen molar-refractivity contribution in [2.24, 2.45) is 0 Å². The molecule has 0 fully saturated rings. The molecule has 4 nitrogen and oxygen atoms in total. The van der Waals surface area contributed by atoms with Gasteiger partial charge < -0.3 is 10.6 Å². The minimum Gasteiger partial charge on any atom is -0.384 e. The lowest BCUT2D eigenvalue weighted by molar-refractivity contribution is 0.0948. The van der Waals surface area contributed by atoms with E-state index in [1.54, 1.807) is 12.3 Å². The van der Waals surface area contributed by atoms with Gasteiger partial charge in [0.2, 0.25) is 0 Å². The number of carbonyl (C=O) groups excluding carboxylic acids is 1. The molecule has 0 aliphatic heterocycles. The van der Waals surface area contributed by atoms with Crippen molar-refractivity contribution in [3.63, 3.8) is 0 Å². The van der Waals surface area contributed by atoms with E-state index in [0.29, 0.717) is 12.2 Å². The Bertz CT molecular complexity index is 596. The molecule has 2 aromatic rings. The second-order valence-corrected chi connectivity index (χ2v) is 5.91. The first kappa shape index (κ1) is 18.0. The Morgan fingerprint density at radius 2 is 1.83 bits per heavy atom. The average Bonchev–Trinajstić information content (AvgIpc) is 2.63. The average molecular weight is 325 g/mol. The number of aromatic nitrogens is 1. The standard InChI is InChI=1S/C20H27N3O/c1-2-3-7-14-21-18-12-13-19(23-16-18)20(24)22-15-8-11-17-9-5-4-6-10-17/h4-6,9-10,12-13,16,21H,2-3,7-8,11,14-15H2,1H3,(H,22,24). The van der Waals surface area contributed by atoms with Crippen molar-refractivity contribution in [1.29, 1.82) is 0 Å². The number of unbranched alkanes of at least 4 members (excludes halogenated alkanes) is 2. The molecule has 1 heterocycles. The van der Waals surface area contributed by atoms with Gasteiger partial charge in [0.1, 0.15) is 5.69 Å². The van der Waals surface area contributed by atoms with Gasteiger partial charge in [0, 0.05) is 13.1 Å². The zero-order valence-corrected chi connectivity index (χ0v) is 14.4. The lowest BCUT2D eigenvalue weighted by atomic mass is 10.1. The molecule has 1 aromatic carbocycles. The van der Waals surface area contributed by atoms with Crippen molar-refractivity contribution in [3.05, 3.63) is 59.9 Å². The predicted molar refractivity (Wildman–Crippen MR) is 99.3 cm³/mol. The number of rotatable bonds is 10. The quantitative estimate of drug-likeness (QED) is 0.648. The third kappa shape index (κ3) is 6.41. The molecule has 0 saturated heterocycles. The van der Waals surface area contributed by atoms with E-state index < -0.39 is 0 Å². The number of anilines is 1. The number of nitrogens with one attached hydrogen (secondary N) is 2. The first-order valence-electron chi connectivity index (χ1n) is 8.81. The highest BCUT2D eigenvalue weighted by Gasteiger charge is 2.06. The summed E-state index contributed by atoms with van der Waals surface area (Å²) in [6, 6.07) is 14.0. The summed E-state index contributed by atoms with van der Waals surface area (Å²) >= 11 is 0. The van der Waals surface area contributed by atoms with Crippen molar-refractivity contribution >= 4 is 11.6 Å². The molecule has 4 heteroatoms. The van der Waals surface area contributed by atoms with E-state index in [9.17, 15) is 4.79 Å². The minimum absolute atomic E-state index is 0.111. The molecule has 0 bridgehead atoms. The van der Waals surface area contributed by atoms with E-state index in [4.69, 9.17) is 0 Å². The minimum atomic E-state index is -0.111. The molecule has 2 rings (SSSR count). The van der Waals surface area contributed by atoms with Crippen LogP contribution in [0.2, 0.25) is 0 Å². The summed E-state index contributed by atoms with van der Waals surface area (Å²) in [6.07, 6.45) is 7.21. The fourth-order valence-corrected chi connectivity index (χ4v) is 2.47. The summed E-state index contributed by atoms with van der Waals surface area (Å²) in [5.41, 5.74) is 2.73. The molecular formula is C20H27N3O. The molecule has 0 atom stereocenters. The van der Waals surface area contributed by atoms with Crippen molar-refractivity contribution in [1.82, 2.24) is 10.3 Å².